The first-order valence-corrected chi connectivity index (χ1v) is 9.01. The van der Waals surface area contributed by atoms with Crippen LogP contribution in [0, 0.1) is 13.8 Å². The molecule has 7 heteroatoms. The van der Waals surface area contributed by atoms with Crippen LogP contribution in [-0.2, 0) is 0 Å². The summed E-state index contributed by atoms with van der Waals surface area (Å²) in [5.41, 5.74) is 2.64. The number of fused-ring (bicyclic) bond motifs is 1. The Balaban J connectivity index is 1.57. The number of benzene rings is 2. The summed E-state index contributed by atoms with van der Waals surface area (Å²) in [5.74, 6) is -0.0644. The van der Waals surface area contributed by atoms with Crippen LogP contribution in [0.15, 0.2) is 69.9 Å². The Morgan fingerprint density at radius 3 is 2.41 bits per heavy atom. The lowest BCUT2D eigenvalue weighted by atomic mass is 10.1. The Morgan fingerprint density at radius 1 is 0.897 bits per heavy atom. The van der Waals surface area contributed by atoms with E-state index in [1.807, 2.05) is 32.0 Å². The van der Waals surface area contributed by atoms with Crippen LogP contribution in [-0.4, -0.2) is 15.9 Å². The molecule has 1 amide bonds. The van der Waals surface area contributed by atoms with Crippen molar-refractivity contribution < 1.29 is 9.21 Å². The van der Waals surface area contributed by atoms with Gasteiger partial charge in [0.05, 0.1) is 0 Å². The summed E-state index contributed by atoms with van der Waals surface area (Å²) in [4.78, 5) is 33.5. The standard InChI is InChI=1S/C22H18N4O3/c1-13-10-14(2)24-22(23-13)26-17-8-5-7-16(12-17)25-20(27)18-11-15-6-3-4-9-19(15)29-21(18)28/h3-12H,1-2H3,(H,25,27)(H,23,24,26). The van der Waals surface area contributed by atoms with Crippen LogP contribution in [0.25, 0.3) is 11.0 Å². The van der Waals surface area contributed by atoms with Gasteiger partial charge in [-0.25, -0.2) is 14.8 Å². The Labute approximate surface area is 166 Å². The minimum absolute atomic E-state index is 0.0558. The number of carbonyl (C=O) groups excluding carboxylic acids is 1. The molecule has 0 bridgehead atoms. The maximum atomic E-state index is 12.6. The van der Waals surface area contributed by atoms with Gasteiger partial charge in [-0.1, -0.05) is 24.3 Å². The Hall–Kier alpha value is -4.00. The van der Waals surface area contributed by atoms with Crippen LogP contribution in [0.5, 0.6) is 0 Å². The lowest BCUT2D eigenvalue weighted by Gasteiger charge is -2.09. The Bertz CT molecular complexity index is 1260. The molecule has 2 heterocycles. The molecule has 2 aromatic carbocycles. The van der Waals surface area contributed by atoms with Crippen LogP contribution in [0.4, 0.5) is 17.3 Å². The lowest BCUT2D eigenvalue weighted by Crippen LogP contribution is -2.20. The number of nitrogens with one attached hydrogen (secondary N) is 2. The van der Waals surface area contributed by atoms with Crippen LogP contribution in [0.3, 0.4) is 0 Å². The molecule has 0 saturated carbocycles. The first kappa shape index (κ1) is 18.4. The van der Waals surface area contributed by atoms with Crippen LogP contribution >= 0.6 is 0 Å². The summed E-state index contributed by atoms with van der Waals surface area (Å²) in [6.45, 7) is 3.79. The molecule has 0 saturated heterocycles. The van der Waals surface area contributed by atoms with Gasteiger partial charge in [0.25, 0.3) is 5.91 Å². The molecule has 2 aromatic heterocycles. The minimum Gasteiger partial charge on any atom is -0.422 e. The van der Waals surface area contributed by atoms with Crippen molar-refractivity contribution in [2.24, 2.45) is 0 Å². The highest BCUT2D eigenvalue weighted by Gasteiger charge is 2.14. The summed E-state index contributed by atoms with van der Waals surface area (Å²) in [6, 6.07) is 17.5. The van der Waals surface area contributed by atoms with E-state index in [0.717, 1.165) is 11.4 Å². The largest absolute Gasteiger partial charge is 0.422 e. The highest BCUT2D eigenvalue weighted by Crippen LogP contribution is 2.20. The fraction of sp³-hybridized carbons (Fsp3) is 0.0909. The van der Waals surface area contributed by atoms with Gasteiger partial charge in [-0.05, 0) is 50.2 Å². The number of rotatable bonds is 4. The third-order valence-electron chi connectivity index (χ3n) is 4.24. The molecule has 0 radical (unpaired) electrons. The Morgan fingerprint density at radius 2 is 1.62 bits per heavy atom. The van der Waals surface area contributed by atoms with E-state index in [9.17, 15) is 9.59 Å². The quantitative estimate of drug-likeness (QED) is 0.510. The summed E-state index contributed by atoms with van der Waals surface area (Å²) < 4.78 is 5.23. The van der Waals surface area contributed by atoms with E-state index in [1.54, 1.807) is 36.4 Å². The minimum atomic E-state index is -0.681. The molecule has 29 heavy (non-hydrogen) atoms. The number of carbonyl (C=O) groups is 1. The summed E-state index contributed by atoms with van der Waals surface area (Å²) >= 11 is 0. The van der Waals surface area contributed by atoms with E-state index in [-0.39, 0.29) is 5.56 Å². The van der Waals surface area contributed by atoms with Crippen molar-refractivity contribution in [1.29, 1.82) is 0 Å². The smallest absolute Gasteiger partial charge is 0.349 e. The van der Waals surface area contributed by atoms with Gasteiger partial charge in [0.1, 0.15) is 11.1 Å². The highest BCUT2D eigenvalue weighted by atomic mass is 16.4. The number of para-hydroxylation sites is 1. The van der Waals surface area contributed by atoms with Crippen molar-refractivity contribution >= 4 is 34.2 Å². The highest BCUT2D eigenvalue weighted by molar-refractivity contribution is 6.05. The second kappa shape index (κ2) is 7.55. The molecule has 0 aliphatic carbocycles. The van der Waals surface area contributed by atoms with E-state index in [0.29, 0.717) is 28.3 Å². The number of nitrogens with zero attached hydrogens (tertiary/aromatic N) is 2. The molecule has 2 N–H and O–H groups in total. The number of amides is 1. The monoisotopic (exact) mass is 386 g/mol. The number of hydrogen-bond donors (Lipinski definition) is 2. The van der Waals surface area contributed by atoms with Crippen molar-refractivity contribution in [2.45, 2.75) is 13.8 Å². The van der Waals surface area contributed by atoms with Crippen molar-refractivity contribution in [3.63, 3.8) is 0 Å². The van der Waals surface area contributed by atoms with E-state index in [4.69, 9.17) is 4.42 Å². The number of anilines is 3. The molecule has 0 aliphatic heterocycles. The van der Waals surface area contributed by atoms with Gasteiger partial charge in [0.2, 0.25) is 5.95 Å². The Kier molecular flexibility index (Phi) is 4.78. The van der Waals surface area contributed by atoms with Gasteiger partial charge in [-0.2, -0.15) is 0 Å². The van der Waals surface area contributed by atoms with Gasteiger partial charge >= 0.3 is 5.63 Å². The molecule has 0 atom stereocenters. The maximum Gasteiger partial charge on any atom is 0.349 e. The molecule has 0 fully saturated rings. The second-order valence-electron chi connectivity index (χ2n) is 6.62. The van der Waals surface area contributed by atoms with Gasteiger partial charge in [0.15, 0.2) is 0 Å². The molecule has 7 nitrogen and oxygen atoms in total. The molecule has 144 valence electrons. The summed E-state index contributed by atoms with van der Waals surface area (Å²) in [7, 11) is 0. The molecule has 0 aliphatic rings. The number of aromatic nitrogens is 2. The van der Waals surface area contributed by atoms with Crippen molar-refractivity contribution in [3.8, 4) is 0 Å². The molecule has 4 rings (SSSR count). The van der Waals surface area contributed by atoms with Gasteiger partial charge in [-0.3, -0.25) is 4.79 Å². The van der Waals surface area contributed by atoms with Crippen LogP contribution in [0.1, 0.15) is 21.7 Å². The van der Waals surface area contributed by atoms with Gasteiger partial charge < -0.3 is 15.1 Å². The summed E-state index contributed by atoms with van der Waals surface area (Å²) in [5, 5.41) is 6.53. The molecule has 4 aromatic rings. The van der Waals surface area contributed by atoms with Crippen molar-refractivity contribution in [3.05, 3.63) is 88.0 Å². The second-order valence-corrected chi connectivity index (χ2v) is 6.62. The lowest BCUT2D eigenvalue weighted by molar-refractivity contribution is 0.102. The van der Waals surface area contributed by atoms with E-state index >= 15 is 0 Å². The number of aryl methyl sites for hydroxylation is 2. The molecular formula is C22H18N4O3. The maximum absolute atomic E-state index is 12.6. The third kappa shape index (κ3) is 4.14. The first-order valence-electron chi connectivity index (χ1n) is 9.01. The predicted molar refractivity (Wildman–Crippen MR) is 112 cm³/mol. The average Bonchev–Trinajstić information content (AvgIpc) is 2.67. The third-order valence-corrected chi connectivity index (χ3v) is 4.24. The summed E-state index contributed by atoms with van der Waals surface area (Å²) in [6.07, 6.45) is 0. The fourth-order valence-electron chi connectivity index (χ4n) is 3.00. The average molecular weight is 386 g/mol. The van der Waals surface area contributed by atoms with E-state index in [1.165, 1.54) is 6.07 Å². The molecule has 0 unspecified atom stereocenters. The first-order chi connectivity index (χ1) is 14.0. The predicted octanol–water partition coefficient (Wildman–Crippen LogP) is 4.20. The van der Waals surface area contributed by atoms with Crippen molar-refractivity contribution in [2.75, 3.05) is 10.6 Å². The van der Waals surface area contributed by atoms with E-state index < -0.39 is 11.5 Å². The normalized spacial score (nSPS) is 10.7. The van der Waals surface area contributed by atoms with Crippen molar-refractivity contribution in [1.82, 2.24) is 9.97 Å². The zero-order valence-electron chi connectivity index (χ0n) is 15.9. The van der Waals surface area contributed by atoms with Gasteiger partial charge in [0, 0.05) is 28.1 Å². The van der Waals surface area contributed by atoms with E-state index in [2.05, 4.69) is 20.6 Å². The van der Waals surface area contributed by atoms with Crippen LogP contribution < -0.4 is 16.3 Å². The SMILES string of the molecule is Cc1cc(C)nc(Nc2cccc(NC(=O)c3cc4ccccc4oc3=O)c2)n1. The van der Waals surface area contributed by atoms with Crippen LogP contribution in [0.2, 0.25) is 0 Å². The molecular weight excluding hydrogens is 368 g/mol. The number of hydrogen-bond acceptors (Lipinski definition) is 6. The topological polar surface area (TPSA) is 97.1 Å². The zero-order valence-corrected chi connectivity index (χ0v) is 15.9. The fourth-order valence-corrected chi connectivity index (χ4v) is 3.00. The molecule has 0 spiro atoms. The van der Waals surface area contributed by atoms with Gasteiger partial charge in [-0.15, -0.1) is 0 Å². The zero-order chi connectivity index (χ0) is 20.4.